The number of nitrogens with two attached hydrogens (primary N) is 1. The molecule has 3 aromatic heterocycles. The third-order valence-corrected chi connectivity index (χ3v) is 3.11. The van der Waals surface area contributed by atoms with E-state index < -0.39 is 0 Å². The quantitative estimate of drug-likeness (QED) is 0.508. The normalized spacial score (nSPS) is 11.6. The first-order valence-electron chi connectivity index (χ1n) is 5.66. The Balaban J connectivity index is 2.34. The highest BCUT2D eigenvalue weighted by Crippen LogP contribution is 2.34. The molecule has 0 fully saturated rings. The molecule has 0 bridgehead atoms. The van der Waals surface area contributed by atoms with Gasteiger partial charge in [0.1, 0.15) is 11.1 Å². The molecule has 0 radical (unpaired) electrons. The minimum atomic E-state index is 0.564. The van der Waals surface area contributed by atoms with E-state index >= 15 is 0 Å². The van der Waals surface area contributed by atoms with Gasteiger partial charge >= 0.3 is 0 Å². The average Bonchev–Trinajstić information content (AvgIpc) is 2.77. The smallest absolute Gasteiger partial charge is 0.230 e. The lowest BCUT2D eigenvalue weighted by atomic mass is 10.1. The van der Waals surface area contributed by atoms with Crippen LogP contribution < -0.4 is 5.73 Å². The van der Waals surface area contributed by atoms with Crippen molar-refractivity contribution in [3.05, 3.63) is 42.6 Å². The number of anilines is 1. The first-order valence-corrected chi connectivity index (χ1v) is 5.66. The molecule has 0 aliphatic heterocycles. The van der Waals surface area contributed by atoms with Crippen LogP contribution in [0.1, 0.15) is 0 Å². The molecule has 0 aliphatic carbocycles. The zero-order valence-electron chi connectivity index (χ0n) is 9.42. The standard InChI is InChI=1S/C14H9N3O/c15-12-11-8-4-1-2-6-10(8)18-14(11)17-9-5-3-7-16-13(9)12/h1-7H,(H2,15,17). The highest BCUT2D eigenvalue weighted by Gasteiger charge is 2.14. The number of para-hydroxylation sites is 1. The van der Waals surface area contributed by atoms with Crippen LogP contribution in [-0.2, 0) is 0 Å². The van der Waals surface area contributed by atoms with Crippen molar-refractivity contribution in [2.45, 2.75) is 0 Å². The second kappa shape index (κ2) is 3.20. The van der Waals surface area contributed by atoms with E-state index in [1.807, 2.05) is 36.4 Å². The minimum absolute atomic E-state index is 0.564. The first kappa shape index (κ1) is 9.41. The Labute approximate surface area is 102 Å². The second-order valence-corrected chi connectivity index (χ2v) is 4.17. The van der Waals surface area contributed by atoms with Crippen LogP contribution in [0.15, 0.2) is 47.0 Å². The highest BCUT2D eigenvalue weighted by molar-refractivity contribution is 6.15. The van der Waals surface area contributed by atoms with Crippen LogP contribution in [0.3, 0.4) is 0 Å². The van der Waals surface area contributed by atoms with Crippen molar-refractivity contribution in [3.8, 4) is 0 Å². The van der Waals surface area contributed by atoms with Crippen molar-refractivity contribution in [3.63, 3.8) is 0 Å². The average molecular weight is 235 g/mol. The zero-order valence-corrected chi connectivity index (χ0v) is 9.42. The Morgan fingerprint density at radius 3 is 2.89 bits per heavy atom. The maximum atomic E-state index is 6.20. The fourth-order valence-corrected chi connectivity index (χ4v) is 2.29. The number of rotatable bonds is 0. The minimum Gasteiger partial charge on any atom is -0.438 e. The first-order chi connectivity index (χ1) is 8.84. The van der Waals surface area contributed by atoms with Gasteiger partial charge in [0.15, 0.2) is 0 Å². The summed E-state index contributed by atoms with van der Waals surface area (Å²) in [7, 11) is 0. The number of fused-ring (bicyclic) bond motifs is 4. The van der Waals surface area contributed by atoms with Gasteiger partial charge in [0, 0.05) is 11.6 Å². The van der Waals surface area contributed by atoms with Gasteiger partial charge in [0.2, 0.25) is 5.71 Å². The fraction of sp³-hybridized carbons (Fsp3) is 0. The number of hydrogen-bond acceptors (Lipinski definition) is 4. The number of furan rings is 1. The predicted molar refractivity (Wildman–Crippen MR) is 71.2 cm³/mol. The summed E-state index contributed by atoms with van der Waals surface area (Å²) in [6, 6.07) is 11.5. The van der Waals surface area contributed by atoms with E-state index in [4.69, 9.17) is 10.2 Å². The van der Waals surface area contributed by atoms with E-state index in [-0.39, 0.29) is 0 Å². The molecule has 1 aromatic carbocycles. The van der Waals surface area contributed by atoms with E-state index in [0.717, 1.165) is 27.4 Å². The van der Waals surface area contributed by atoms with E-state index in [1.54, 1.807) is 6.20 Å². The molecule has 4 rings (SSSR count). The molecule has 3 heterocycles. The Morgan fingerprint density at radius 2 is 1.94 bits per heavy atom. The topological polar surface area (TPSA) is 64.9 Å². The number of nitrogens with zero attached hydrogens (tertiary/aromatic N) is 2. The van der Waals surface area contributed by atoms with Crippen LogP contribution in [0.25, 0.3) is 33.1 Å². The largest absolute Gasteiger partial charge is 0.438 e. The number of aromatic nitrogens is 2. The number of pyridine rings is 2. The maximum Gasteiger partial charge on any atom is 0.230 e. The summed E-state index contributed by atoms with van der Waals surface area (Å²) in [5, 5.41) is 1.82. The molecule has 86 valence electrons. The lowest BCUT2D eigenvalue weighted by molar-refractivity contribution is 0.656. The fourth-order valence-electron chi connectivity index (χ4n) is 2.29. The lowest BCUT2D eigenvalue weighted by Crippen LogP contribution is -1.92. The van der Waals surface area contributed by atoms with Crippen molar-refractivity contribution in [2.24, 2.45) is 0 Å². The summed E-state index contributed by atoms with van der Waals surface area (Å²) >= 11 is 0. The van der Waals surface area contributed by atoms with Crippen LogP contribution in [0, 0.1) is 0 Å². The van der Waals surface area contributed by atoms with Gasteiger partial charge in [-0.3, -0.25) is 4.98 Å². The van der Waals surface area contributed by atoms with Gasteiger partial charge in [-0.15, -0.1) is 0 Å². The Kier molecular flexibility index (Phi) is 1.67. The van der Waals surface area contributed by atoms with E-state index in [0.29, 0.717) is 11.4 Å². The van der Waals surface area contributed by atoms with Gasteiger partial charge in [-0.1, -0.05) is 18.2 Å². The molecule has 18 heavy (non-hydrogen) atoms. The van der Waals surface area contributed by atoms with Crippen LogP contribution in [0.5, 0.6) is 0 Å². The molecule has 4 aromatic rings. The van der Waals surface area contributed by atoms with Crippen LogP contribution in [0.4, 0.5) is 5.69 Å². The van der Waals surface area contributed by atoms with Crippen LogP contribution in [-0.4, -0.2) is 9.97 Å². The molecule has 0 aliphatic rings. The monoisotopic (exact) mass is 235 g/mol. The molecule has 4 heteroatoms. The molecule has 4 nitrogen and oxygen atoms in total. The van der Waals surface area contributed by atoms with Crippen molar-refractivity contribution in [1.29, 1.82) is 0 Å². The molecule has 0 atom stereocenters. The molecule has 0 unspecified atom stereocenters. The summed E-state index contributed by atoms with van der Waals surface area (Å²) < 4.78 is 5.72. The summed E-state index contributed by atoms with van der Waals surface area (Å²) in [6.45, 7) is 0. The molecular weight excluding hydrogens is 226 g/mol. The third kappa shape index (κ3) is 1.09. The lowest BCUT2D eigenvalue weighted by Gasteiger charge is -2.00. The molecular formula is C14H9N3O. The molecule has 0 amide bonds. The van der Waals surface area contributed by atoms with Crippen molar-refractivity contribution < 1.29 is 4.42 Å². The molecule has 2 N–H and O–H groups in total. The van der Waals surface area contributed by atoms with Gasteiger partial charge in [-0.2, -0.15) is 0 Å². The summed E-state index contributed by atoms with van der Waals surface area (Å²) in [5.74, 6) is 0. The zero-order chi connectivity index (χ0) is 12.1. The van der Waals surface area contributed by atoms with Gasteiger partial charge in [0.05, 0.1) is 16.6 Å². The van der Waals surface area contributed by atoms with E-state index in [9.17, 15) is 0 Å². The number of hydrogen-bond donors (Lipinski definition) is 1. The van der Waals surface area contributed by atoms with Gasteiger partial charge in [-0.25, -0.2) is 4.98 Å². The van der Waals surface area contributed by atoms with Crippen molar-refractivity contribution >= 4 is 38.8 Å². The Hall–Kier alpha value is -2.62. The van der Waals surface area contributed by atoms with Crippen LogP contribution >= 0.6 is 0 Å². The number of benzene rings is 1. The third-order valence-electron chi connectivity index (χ3n) is 3.11. The Morgan fingerprint density at radius 1 is 1.06 bits per heavy atom. The summed E-state index contributed by atoms with van der Waals surface area (Å²) in [6.07, 6.45) is 1.72. The summed E-state index contributed by atoms with van der Waals surface area (Å²) in [4.78, 5) is 8.75. The second-order valence-electron chi connectivity index (χ2n) is 4.17. The maximum absolute atomic E-state index is 6.20. The van der Waals surface area contributed by atoms with E-state index in [1.165, 1.54) is 0 Å². The van der Waals surface area contributed by atoms with Crippen LogP contribution in [0.2, 0.25) is 0 Å². The van der Waals surface area contributed by atoms with Crippen molar-refractivity contribution in [2.75, 3.05) is 5.73 Å². The van der Waals surface area contributed by atoms with Crippen molar-refractivity contribution in [1.82, 2.24) is 9.97 Å². The SMILES string of the molecule is Nc1c2ncccc2nc2oc3ccccc3c12. The van der Waals surface area contributed by atoms with Gasteiger partial charge in [-0.05, 0) is 18.2 Å². The highest BCUT2D eigenvalue weighted by atomic mass is 16.3. The molecule has 0 spiro atoms. The van der Waals surface area contributed by atoms with Gasteiger partial charge in [0.25, 0.3) is 0 Å². The van der Waals surface area contributed by atoms with Gasteiger partial charge < -0.3 is 10.2 Å². The predicted octanol–water partition coefficient (Wildman–Crippen LogP) is 3.11. The summed E-state index contributed by atoms with van der Waals surface area (Å²) in [5.41, 5.74) is 9.66. The Bertz CT molecular complexity index is 895. The number of nitrogen functional groups attached to an aromatic ring is 1. The molecule has 0 saturated heterocycles. The van der Waals surface area contributed by atoms with E-state index in [2.05, 4.69) is 9.97 Å². The molecule has 0 saturated carbocycles.